The molecule has 0 saturated carbocycles. The van der Waals surface area contributed by atoms with E-state index in [0.717, 1.165) is 16.7 Å². The smallest absolute Gasteiger partial charge is 0.115 e. The number of hydrogen-bond acceptors (Lipinski definition) is 5. The van der Waals surface area contributed by atoms with Gasteiger partial charge in [0.1, 0.15) is 11.9 Å². The zero-order valence-corrected chi connectivity index (χ0v) is 14.2. The van der Waals surface area contributed by atoms with Gasteiger partial charge in [0, 0.05) is 12.8 Å². The highest BCUT2D eigenvalue weighted by Crippen LogP contribution is 2.34. The van der Waals surface area contributed by atoms with Crippen molar-refractivity contribution in [3.8, 4) is 5.75 Å². The van der Waals surface area contributed by atoms with Crippen molar-refractivity contribution < 1.29 is 25.2 Å². The van der Waals surface area contributed by atoms with E-state index in [1.807, 2.05) is 25.1 Å². The first-order valence-corrected chi connectivity index (χ1v) is 8.49. The zero-order chi connectivity index (χ0) is 18.0. The summed E-state index contributed by atoms with van der Waals surface area (Å²) in [5, 5.41) is 39.5. The maximum absolute atomic E-state index is 10.7. The molecule has 0 aliphatic carbocycles. The average molecular weight is 344 g/mol. The van der Waals surface area contributed by atoms with E-state index in [1.165, 1.54) is 0 Å². The minimum atomic E-state index is -0.817. The van der Waals surface area contributed by atoms with Crippen LogP contribution in [0.3, 0.4) is 0 Å². The predicted molar refractivity (Wildman–Crippen MR) is 93.3 cm³/mol. The van der Waals surface area contributed by atoms with Crippen molar-refractivity contribution in [3.63, 3.8) is 0 Å². The van der Waals surface area contributed by atoms with Gasteiger partial charge in [-0.15, -0.1) is 0 Å². The molecule has 1 unspecified atom stereocenters. The number of benzene rings is 2. The van der Waals surface area contributed by atoms with Crippen molar-refractivity contribution in [3.05, 3.63) is 64.7 Å². The second-order valence-electron chi connectivity index (χ2n) is 6.66. The van der Waals surface area contributed by atoms with Crippen molar-refractivity contribution in [2.24, 2.45) is 0 Å². The van der Waals surface area contributed by atoms with Gasteiger partial charge in [-0.25, -0.2) is 0 Å². The fraction of sp³-hybridized carbons (Fsp3) is 0.400. The number of ether oxygens (including phenoxy) is 1. The van der Waals surface area contributed by atoms with Crippen molar-refractivity contribution in [2.75, 3.05) is 6.61 Å². The van der Waals surface area contributed by atoms with E-state index < -0.39 is 12.2 Å². The lowest BCUT2D eigenvalue weighted by molar-refractivity contribution is -0.113. The predicted octanol–water partition coefficient (Wildman–Crippen LogP) is 2.36. The summed E-state index contributed by atoms with van der Waals surface area (Å²) in [6.07, 6.45) is -1.12. The minimum Gasteiger partial charge on any atom is -0.508 e. The second-order valence-corrected chi connectivity index (χ2v) is 6.66. The van der Waals surface area contributed by atoms with Crippen LogP contribution in [0.4, 0.5) is 0 Å². The van der Waals surface area contributed by atoms with Crippen LogP contribution in [0.1, 0.15) is 47.3 Å². The molecule has 1 saturated heterocycles. The summed E-state index contributed by atoms with van der Waals surface area (Å²) in [5.74, 6) is 0.154. The zero-order valence-electron chi connectivity index (χ0n) is 14.2. The molecule has 4 atom stereocenters. The number of aromatic hydroxyl groups is 1. The van der Waals surface area contributed by atoms with E-state index >= 15 is 0 Å². The third-order valence-electron chi connectivity index (χ3n) is 4.76. The van der Waals surface area contributed by atoms with Gasteiger partial charge in [-0.2, -0.15) is 0 Å². The van der Waals surface area contributed by atoms with Gasteiger partial charge < -0.3 is 25.2 Å². The molecule has 5 heteroatoms. The SMILES string of the molecule is Cc1ccc([C@H]2C[C@@H](O)C[C@@H](CO)O2)cc1C(O)c1ccc(O)cc1. The Morgan fingerprint density at radius 1 is 1.12 bits per heavy atom. The molecule has 0 amide bonds. The van der Waals surface area contributed by atoms with Gasteiger partial charge in [-0.3, -0.25) is 0 Å². The Morgan fingerprint density at radius 2 is 1.84 bits per heavy atom. The first-order valence-electron chi connectivity index (χ1n) is 8.49. The van der Waals surface area contributed by atoms with Crippen LogP contribution in [0.2, 0.25) is 0 Å². The van der Waals surface area contributed by atoms with Gasteiger partial charge in [0.05, 0.1) is 24.9 Å². The van der Waals surface area contributed by atoms with Crippen molar-refractivity contribution in [1.29, 1.82) is 0 Å². The van der Waals surface area contributed by atoms with E-state index in [1.54, 1.807) is 24.3 Å². The third-order valence-corrected chi connectivity index (χ3v) is 4.76. The van der Waals surface area contributed by atoms with Gasteiger partial charge in [0.2, 0.25) is 0 Å². The van der Waals surface area contributed by atoms with Crippen LogP contribution < -0.4 is 0 Å². The number of aliphatic hydroxyl groups excluding tert-OH is 3. The Kier molecular flexibility index (Phi) is 5.39. The van der Waals surface area contributed by atoms with Crippen LogP contribution in [0.15, 0.2) is 42.5 Å². The molecule has 2 aromatic carbocycles. The fourth-order valence-electron chi connectivity index (χ4n) is 3.31. The normalized spacial score (nSPS) is 24.9. The summed E-state index contributed by atoms with van der Waals surface area (Å²) < 4.78 is 5.86. The Bertz CT molecular complexity index is 713. The summed E-state index contributed by atoms with van der Waals surface area (Å²) in [6.45, 7) is 1.80. The largest absolute Gasteiger partial charge is 0.508 e. The molecular formula is C20H24O5. The molecule has 1 aliphatic heterocycles. The van der Waals surface area contributed by atoms with Gasteiger partial charge in [-0.1, -0.05) is 24.3 Å². The number of phenolic OH excluding ortho intramolecular Hbond substituents is 1. The summed E-state index contributed by atoms with van der Waals surface area (Å²) in [5.41, 5.74) is 3.26. The lowest BCUT2D eigenvalue weighted by Crippen LogP contribution is -2.33. The van der Waals surface area contributed by atoms with Crippen LogP contribution in [0.25, 0.3) is 0 Å². The molecule has 1 aliphatic rings. The fourth-order valence-corrected chi connectivity index (χ4v) is 3.31. The standard InChI is InChI=1S/C20H24O5/c1-12-2-3-14(19-10-16(23)9-17(11-21)25-19)8-18(12)20(24)13-4-6-15(22)7-5-13/h2-8,16-17,19-24H,9-11H2,1H3/t16-,17-,19+,20?/m0/s1. The molecule has 5 nitrogen and oxygen atoms in total. The number of aliphatic hydroxyl groups is 3. The van der Waals surface area contributed by atoms with Gasteiger partial charge in [0.15, 0.2) is 0 Å². The monoisotopic (exact) mass is 344 g/mol. The Labute approximate surface area is 147 Å². The first kappa shape index (κ1) is 17.9. The second kappa shape index (κ2) is 7.54. The van der Waals surface area contributed by atoms with E-state index in [-0.39, 0.29) is 24.6 Å². The molecule has 25 heavy (non-hydrogen) atoms. The quantitative estimate of drug-likeness (QED) is 0.684. The molecule has 1 fully saturated rings. The van der Waals surface area contributed by atoms with Gasteiger partial charge in [-0.05, 0) is 47.4 Å². The molecule has 1 heterocycles. The van der Waals surface area contributed by atoms with Crippen LogP contribution in [-0.4, -0.2) is 39.2 Å². The molecular weight excluding hydrogens is 320 g/mol. The summed E-state index contributed by atoms with van der Waals surface area (Å²) in [7, 11) is 0. The van der Waals surface area contributed by atoms with E-state index in [4.69, 9.17) is 4.74 Å². The van der Waals surface area contributed by atoms with Crippen LogP contribution >= 0.6 is 0 Å². The van der Waals surface area contributed by atoms with E-state index in [2.05, 4.69) is 0 Å². The van der Waals surface area contributed by atoms with E-state index in [9.17, 15) is 20.4 Å². The molecule has 0 spiro atoms. The Morgan fingerprint density at radius 3 is 2.52 bits per heavy atom. The van der Waals surface area contributed by atoms with Crippen LogP contribution in [0.5, 0.6) is 5.75 Å². The maximum atomic E-state index is 10.7. The summed E-state index contributed by atoms with van der Waals surface area (Å²) >= 11 is 0. The number of hydrogen-bond donors (Lipinski definition) is 4. The average Bonchev–Trinajstić information content (AvgIpc) is 2.61. The van der Waals surface area contributed by atoms with Crippen molar-refractivity contribution >= 4 is 0 Å². The molecule has 134 valence electrons. The number of rotatable bonds is 4. The topological polar surface area (TPSA) is 90.2 Å². The Hall–Kier alpha value is -1.92. The molecule has 0 aromatic heterocycles. The van der Waals surface area contributed by atoms with Crippen molar-refractivity contribution in [2.45, 2.75) is 44.2 Å². The van der Waals surface area contributed by atoms with Gasteiger partial charge >= 0.3 is 0 Å². The molecule has 3 rings (SSSR count). The lowest BCUT2D eigenvalue weighted by atomic mass is 9.91. The van der Waals surface area contributed by atoms with Crippen LogP contribution in [-0.2, 0) is 4.74 Å². The molecule has 0 radical (unpaired) electrons. The summed E-state index contributed by atoms with van der Waals surface area (Å²) in [6, 6.07) is 12.2. The summed E-state index contributed by atoms with van der Waals surface area (Å²) in [4.78, 5) is 0. The van der Waals surface area contributed by atoms with Gasteiger partial charge in [0.25, 0.3) is 0 Å². The highest BCUT2D eigenvalue weighted by Gasteiger charge is 2.29. The highest BCUT2D eigenvalue weighted by molar-refractivity contribution is 5.40. The minimum absolute atomic E-state index is 0.123. The molecule has 0 bridgehead atoms. The van der Waals surface area contributed by atoms with Crippen LogP contribution in [0, 0.1) is 6.92 Å². The van der Waals surface area contributed by atoms with Crippen molar-refractivity contribution in [1.82, 2.24) is 0 Å². The number of aryl methyl sites for hydroxylation is 1. The Balaban J connectivity index is 1.88. The molecule has 2 aromatic rings. The third kappa shape index (κ3) is 4.02. The number of phenols is 1. The lowest BCUT2D eigenvalue weighted by Gasteiger charge is -2.33. The maximum Gasteiger partial charge on any atom is 0.115 e. The van der Waals surface area contributed by atoms with E-state index in [0.29, 0.717) is 18.4 Å². The highest BCUT2D eigenvalue weighted by atomic mass is 16.5. The first-order chi connectivity index (χ1) is 12.0. The molecule has 4 N–H and O–H groups in total.